The highest BCUT2D eigenvalue weighted by atomic mass is 32.2. The topological polar surface area (TPSA) is 55.4 Å². The Kier molecular flexibility index (Phi) is 5.92. The fourth-order valence-electron chi connectivity index (χ4n) is 3.97. The summed E-state index contributed by atoms with van der Waals surface area (Å²) in [6.07, 6.45) is 3.65. The molecule has 0 fully saturated rings. The quantitative estimate of drug-likeness (QED) is 0.793. The summed E-state index contributed by atoms with van der Waals surface area (Å²) in [6, 6.07) is 15.3. The largest absolute Gasteiger partial charge is 0.497 e. The minimum Gasteiger partial charge on any atom is -0.497 e. The molecule has 1 aliphatic heterocycles. The summed E-state index contributed by atoms with van der Waals surface area (Å²) in [4.78, 5) is 0.384. The van der Waals surface area contributed by atoms with Gasteiger partial charge in [0.2, 0.25) is 0 Å². The van der Waals surface area contributed by atoms with Crippen LogP contribution in [0.3, 0.4) is 0 Å². The van der Waals surface area contributed by atoms with Gasteiger partial charge in [0.1, 0.15) is 5.75 Å². The van der Waals surface area contributed by atoms with Crippen LogP contribution >= 0.6 is 0 Å². The van der Waals surface area contributed by atoms with Crippen molar-refractivity contribution in [3.8, 4) is 5.75 Å². The first-order valence-corrected chi connectivity index (χ1v) is 11.3. The number of methoxy groups -OCH3 is 1. The number of rotatable bonds is 6. The van der Waals surface area contributed by atoms with Gasteiger partial charge in [0.05, 0.1) is 23.8 Å². The Morgan fingerprint density at radius 3 is 2.52 bits per heavy atom. The minimum absolute atomic E-state index is 0.111. The van der Waals surface area contributed by atoms with Crippen molar-refractivity contribution in [2.24, 2.45) is 0 Å². The van der Waals surface area contributed by atoms with Gasteiger partial charge in [-0.2, -0.15) is 0 Å². The molecular weight excluding hydrogens is 358 g/mol. The van der Waals surface area contributed by atoms with Crippen molar-refractivity contribution in [3.63, 3.8) is 0 Å². The summed E-state index contributed by atoms with van der Waals surface area (Å²) < 4.78 is 32.1. The number of unbranched alkanes of at least 4 members (excludes halogenated alkanes) is 1. The van der Waals surface area contributed by atoms with Crippen molar-refractivity contribution in [2.45, 2.75) is 56.0 Å². The number of hydrogen-bond acceptors (Lipinski definition) is 4. The molecule has 0 spiro atoms. The van der Waals surface area contributed by atoms with Gasteiger partial charge in [-0.1, -0.05) is 63.1 Å². The molecule has 3 rings (SSSR count). The van der Waals surface area contributed by atoms with Gasteiger partial charge in [0, 0.05) is 5.54 Å². The van der Waals surface area contributed by atoms with Gasteiger partial charge in [-0.15, -0.1) is 0 Å². The summed E-state index contributed by atoms with van der Waals surface area (Å²) in [5.74, 6) is 0.682. The Morgan fingerprint density at radius 2 is 1.89 bits per heavy atom. The van der Waals surface area contributed by atoms with E-state index in [-0.39, 0.29) is 11.8 Å². The zero-order chi connectivity index (χ0) is 19.5. The van der Waals surface area contributed by atoms with E-state index in [0.29, 0.717) is 10.6 Å². The standard InChI is InChI=1S/C22H29NO3S/c1-4-6-14-22(5-2)16-27(24,25)20-15-18(26-3)12-13-19(20)21(23-22)17-10-8-7-9-11-17/h7-13,15,21,23H,4-6,14,16H2,1-3H3. The average Bonchev–Trinajstić information content (AvgIpc) is 2.79. The highest BCUT2D eigenvalue weighted by Crippen LogP contribution is 2.39. The Labute approximate surface area is 162 Å². The molecule has 2 aromatic carbocycles. The second-order valence-electron chi connectivity index (χ2n) is 7.39. The van der Waals surface area contributed by atoms with Gasteiger partial charge < -0.3 is 4.74 Å². The van der Waals surface area contributed by atoms with E-state index in [1.807, 2.05) is 30.3 Å². The molecule has 1 heterocycles. The van der Waals surface area contributed by atoms with Crippen LogP contribution in [0.15, 0.2) is 53.4 Å². The SMILES string of the molecule is CCCCC1(CC)CS(=O)(=O)c2cc(OC)ccc2C(c2ccccc2)N1. The Morgan fingerprint density at radius 1 is 1.15 bits per heavy atom. The van der Waals surface area contributed by atoms with Crippen molar-refractivity contribution < 1.29 is 13.2 Å². The molecule has 0 bridgehead atoms. The molecule has 2 aromatic rings. The summed E-state index contributed by atoms with van der Waals surface area (Å²) in [6.45, 7) is 4.22. The lowest BCUT2D eigenvalue weighted by Crippen LogP contribution is -2.50. The monoisotopic (exact) mass is 387 g/mol. The molecule has 27 heavy (non-hydrogen) atoms. The van der Waals surface area contributed by atoms with Crippen LogP contribution in [-0.4, -0.2) is 26.8 Å². The van der Waals surface area contributed by atoms with Crippen LogP contribution in [0.25, 0.3) is 0 Å². The predicted molar refractivity (Wildman–Crippen MR) is 109 cm³/mol. The third kappa shape index (κ3) is 4.04. The smallest absolute Gasteiger partial charge is 0.180 e. The molecule has 0 saturated carbocycles. The fourth-order valence-corrected chi connectivity index (χ4v) is 6.12. The predicted octanol–water partition coefficient (Wildman–Crippen LogP) is 4.50. The highest BCUT2D eigenvalue weighted by molar-refractivity contribution is 7.91. The zero-order valence-electron chi connectivity index (χ0n) is 16.4. The van der Waals surface area contributed by atoms with E-state index in [4.69, 9.17) is 4.74 Å². The van der Waals surface area contributed by atoms with E-state index in [0.717, 1.165) is 36.8 Å². The van der Waals surface area contributed by atoms with E-state index in [1.54, 1.807) is 13.2 Å². The molecule has 0 radical (unpaired) electrons. The van der Waals surface area contributed by atoms with Gasteiger partial charge in [-0.25, -0.2) is 8.42 Å². The van der Waals surface area contributed by atoms with Crippen molar-refractivity contribution in [3.05, 3.63) is 59.7 Å². The molecule has 2 unspecified atom stereocenters. The third-order valence-corrected chi connectivity index (χ3v) is 7.56. The van der Waals surface area contributed by atoms with Crippen LogP contribution in [0.2, 0.25) is 0 Å². The number of sulfone groups is 1. The molecule has 0 aliphatic carbocycles. The molecule has 1 aliphatic rings. The highest BCUT2D eigenvalue weighted by Gasteiger charge is 2.41. The summed E-state index contributed by atoms with van der Waals surface area (Å²) in [7, 11) is -1.88. The van der Waals surface area contributed by atoms with Crippen molar-refractivity contribution in [1.82, 2.24) is 5.32 Å². The first-order chi connectivity index (χ1) is 12.9. The first-order valence-electron chi connectivity index (χ1n) is 9.68. The maximum atomic E-state index is 13.4. The number of hydrogen-bond donors (Lipinski definition) is 1. The lowest BCUT2D eigenvalue weighted by molar-refractivity contribution is 0.295. The van der Waals surface area contributed by atoms with Crippen LogP contribution in [0, 0.1) is 0 Å². The lowest BCUT2D eigenvalue weighted by atomic mass is 9.88. The van der Waals surface area contributed by atoms with Crippen LogP contribution in [-0.2, 0) is 9.84 Å². The Balaban J connectivity index is 2.20. The second kappa shape index (κ2) is 8.03. The second-order valence-corrected chi connectivity index (χ2v) is 9.35. The number of fused-ring (bicyclic) bond motifs is 1. The minimum atomic E-state index is -3.44. The van der Waals surface area contributed by atoms with Gasteiger partial charge in [0.25, 0.3) is 0 Å². The molecule has 1 N–H and O–H groups in total. The molecule has 146 valence electrons. The van der Waals surface area contributed by atoms with E-state index < -0.39 is 15.4 Å². The average molecular weight is 388 g/mol. The summed E-state index contributed by atoms with van der Waals surface area (Å²) in [5.41, 5.74) is 1.44. The molecule has 0 aromatic heterocycles. The van der Waals surface area contributed by atoms with Crippen molar-refractivity contribution in [1.29, 1.82) is 0 Å². The third-order valence-electron chi connectivity index (χ3n) is 5.60. The van der Waals surface area contributed by atoms with Crippen LogP contribution in [0.4, 0.5) is 0 Å². The van der Waals surface area contributed by atoms with Crippen LogP contribution in [0.5, 0.6) is 5.75 Å². The van der Waals surface area contributed by atoms with Gasteiger partial charge >= 0.3 is 0 Å². The molecule has 5 heteroatoms. The maximum absolute atomic E-state index is 13.4. The number of benzene rings is 2. The van der Waals surface area contributed by atoms with Crippen molar-refractivity contribution >= 4 is 9.84 Å². The van der Waals surface area contributed by atoms with E-state index >= 15 is 0 Å². The summed E-state index contributed by atoms with van der Waals surface area (Å²) >= 11 is 0. The Hall–Kier alpha value is -1.85. The Bertz CT molecular complexity index is 880. The first kappa shape index (κ1) is 19.9. The molecular formula is C22H29NO3S. The fraction of sp³-hybridized carbons (Fsp3) is 0.455. The molecule has 0 saturated heterocycles. The van der Waals surface area contributed by atoms with E-state index in [2.05, 4.69) is 31.3 Å². The normalized spacial score (nSPS) is 24.0. The van der Waals surface area contributed by atoms with Gasteiger partial charge in [-0.3, -0.25) is 5.32 Å². The maximum Gasteiger partial charge on any atom is 0.180 e. The molecule has 4 nitrogen and oxygen atoms in total. The van der Waals surface area contributed by atoms with E-state index in [9.17, 15) is 8.42 Å². The molecule has 2 atom stereocenters. The molecule has 0 amide bonds. The van der Waals surface area contributed by atoms with Gasteiger partial charge in [0.15, 0.2) is 9.84 Å². The number of nitrogens with one attached hydrogen (secondary N) is 1. The van der Waals surface area contributed by atoms with Crippen LogP contribution in [0.1, 0.15) is 56.7 Å². The van der Waals surface area contributed by atoms with E-state index in [1.165, 1.54) is 0 Å². The summed E-state index contributed by atoms with van der Waals surface area (Å²) in [5, 5.41) is 3.76. The van der Waals surface area contributed by atoms with Crippen LogP contribution < -0.4 is 10.1 Å². The zero-order valence-corrected chi connectivity index (χ0v) is 17.2. The number of ether oxygens (including phenoxy) is 1. The lowest BCUT2D eigenvalue weighted by Gasteiger charge is -2.35. The van der Waals surface area contributed by atoms with Gasteiger partial charge in [-0.05, 0) is 36.1 Å². The van der Waals surface area contributed by atoms with Crippen molar-refractivity contribution in [2.75, 3.05) is 12.9 Å².